The molecule has 0 bridgehead atoms. The summed E-state index contributed by atoms with van der Waals surface area (Å²) < 4.78 is 1.83. The predicted molar refractivity (Wildman–Crippen MR) is 90.3 cm³/mol. The van der Waals surface area contributed by atoms with Crippen molar-refractivity contribution in [2.45, 2.75) is 27.3 Å². The average molecular weight is 307 g/mol. The smallest absolute Gasteiger partial charge is 0.0865 e. The molecule has 21 heavy (non-hydrogen) atoms. The fourth-order valence-electron chi connectivity index (χ4n) is 2.44. The molecule has 0 aliphatic carbocycles. The van der Waals surface area contributed by atoms with Gasteiger partial charge in [0.1, 0.15) is 0 Å². The minimum atomic E-state index is 0.667. The van der Waals surface area contributed by atoms with Crippen LogP contribution >= 0.6 is 11.6 Å². The van der Waals surface area contributed by atoms with Gasteiger partial charge in [0.15, 0.2) is 0 Å². The lowest BCUT2D eigenvalue weighted by Gasteiger charge is -2.21. The zero-order valence-corrected chi connectivity index (χ0v) is 13.9. The summed E-state index contributed by atoms with van der Waals surface area (Å²) in [5.74, 6) is 0. The van der Waals surface area contributed by atoms with Gasteiger partial charge in [-0.25, -0.2) is 0 Å². The summed E-state index contributed by atoms with van der Waals surface area (Å²) in [6.07, 6.45) is 0. The first-order chi connectivity index (χ1) is 10.1. The van der Waals surface area contributed by atoms with Gasteiger partial charge in [0, 0.05) is 31.5 Å². The highest BCUT2D eigenvalue weighted by molar-refractivity contribution is 6.31. The standard InChI is InChI=1S/C16H23ClN4/c1-5-21(6-2)14-9-7-13(8-10-14)18-11-15-16(17)12(3)19-20(15)4/h7-10,18H,5-6,11H2,1-4H3. The molecule has 0 spiro atoms. The summed E-state index contributed by atoms with van der Waals surface area (Å²) >= 11 is 6.25. The molecule has 4 nitrogen and oxygen atoms in total. The molecule has 0 saturated heterocycles. The topological polar surface area (TPSA) is 33.1 Å². The summed E-state index contributed by atoms with van der Waals surface area (Å²) in [6, 6.07) is 8.49. The van der Waals surface area contributed by atoms with E-state index >= 15 is 0 Å². The Bertz CT molecular complexity index is 585. The Hall–Kier alpha value is -1.68. The van der Waals surface area contributed by atoms with E-state index in [0.29, 0.717) is 6.54 Å². The monoisotopic (exact) mass is 306 g/mol. The van der Waals surface area contributed by atoms with Crippen molar-refractivity contribution in [3.8, 4) is 0 Å². The lowest BCUT2D eigenvalue weighted by molar-refractivity contribution is 0.713. The van der Waals surface area contributed by atoms with E-state index in [1.54, 1.807) is 0 Å². The van der Waals surface area contributed by atoms with Crippen LogP contribution in [-0.2, 0) is 13.6 Å². The van der Waals surface area contributed by atoms with E-state index in [-0.39, 0.29) is 0 Å². The van der Waals surface area contributed by atoms with Gasteiger partial charge in [0.05, 0.1) is 23.0 Å². The van der Waals surface area contributed by atoms with Gasteiger partial charge in [-0.3, -0.25) is 4.68 Å². The molecule has 1 aromatic heterocycles. The molecule has 5 heteroatoms. The minimum Gasteiger partial charge on any atom is -0.379 e. The van der Waals surface area contributed by atoms with Gasteiger partial charge in [-0.15, -0.1) is 0 Å². The Labute approximate surface area is 131 Å². The molecule has 114 valence electrons. The maximum Gasteiger partial charge on any atom is 0.0865 e. The van der Waals surface area contributed by atoms with E-state index in [9.17, 15) is 0 Å². The van der Waals surface area contributed by atoms with E-state index in [1.165, 1.54) is 5.69 Å². The number of nitrogens with zero attached hydrogens (tertiary/aromatic N) is 3. The number of hydrogen-bond donors (Lipinski definition) is 1. The molecule has 0 amide bonds. The molecule has 1 N–H and O–H groups in total. The van der Waals surface area contributed by atoms with Gasteiger partial charge < -0.3 is 10.2 Å². The van der Waals surface area contributed by atoms with Crippen LogP contribution in [0.1, 0.15) is 25.2 Å². The number of hydrogen-bond acceptors (Lipinski definition) is 3. The van der Waals surface area contributed by atoms with Crippen molar-refractivity contribution in [2.24, 2.45) is 7.05 Å². The zero-order valence-electron chi connectivity index (χ0n) is 13.2. The second-order valence-electron chi connectivity index (χ2n) is 5.04. The minimum absolute atomic E-state index is 0.667. The van der Waals surface area contributed by atoms with Crippen molar-refractivity contribution in [2.75, 3.05) is 23.3 Å². The molecule has 2 rings (SSSR count). The van der Waals surface area contributed by atoms with Crippen LogP contribution in [-0.4, -0.2) is 22.9 Å². The van der Waals surface area contributed by atoms with Crippen molar-refractivity contribution in [1.29, 1.82) is 0 Å². The van der Waals surface area contributed by atoms with Crippen molar-refractivity contribution in [3.05, 3.63) is 40.7 Å². The molecule has 0 radical (unpaired) electrons. The van der Waals surface area contributed by atoms with Crippen LogP contribution in [0.3, 0.4) is 0 Å². The number of anilines is 2. The van der Waals surface area contributed by atoms with Gasteiger partial charge >= 0.3 is 0 Å². The number of benzene rings is 1. The Morgan fingerprint density at radius 3 is 2.29 bits per heavy atom. The third-order valence-electron chi connectivity index (χ3n) is 3.72. The Kier molecular flexibility index (Phi) is 5.12. The third-order valence-corrected chi connectivity index (χ3v) is 4.21. The first kappa shape index (κ1) is 15.7. The summed E-state index contributed by atoms with van der Waals surface area (Å²) in [5.41, 5.74) is 4.20. The van der Waals surface area contributed by atoms with Crippen molar-refractivity contribution in [3.63, 3.8) is 0 Å². The van der Waals surface area contributed by atoms with Crippen LogP contribution in [0.15, 0.2) is 24.3 Å². The largest absolute Gasteiger partial charge is 0.379 e. The molecule has 0 aliphatic heterocycles. The van der Waals surface area contributed by atoms with E-state index in [4.69, 9.17) is 11.6 Å². The van der Waals surface area contributed by atoms with E-state index in [2.05, 4.69) is 53.4 Å². The van der Waals surface area contributed by atoms with Crippen LogP contribution in [0.5, 0.6) is 0 Å². The SMILES string of the molecule is CCN(CC)c1ccc(NCc2c(Cl)c(C)nn2C)cc1. The zero-order chi connectivity index (χ0) is 15.4. The fraction of sp³-hybridized carbons (Fsp3) is 0.438. The summed E-state index contributed by atoms with van der Waals surface area (Å²) in [6.45, 7) is 8.97. The van der Waals surface area contributed by atoms with Gasteiger partial charge in [-0.1, -0.05) is 11.6 Å². The molecule has 0 fully saturated rings. The molecule has 1 aromatic carbocycles. The molecule has 2 aromatic rings. The van der Waals surface area contributed by atoms with E-state index in [1.807, 2.05) is 18.7 Å². The first-order valence-electron chi connectivity index (χ1n) is 7.33. The third kappa shape index (κ3) is 3.50. The maximum absolute atomic E-state index is 6.25. The van der Waals surface area contributed by atoms with Gasteiger partial charge in [0.2, 0.25) is 0 Å². The number of aryl methyl sites for hydroxylation is 2. The Balaban J connectivity index is 2.04. The quantitative estimate of drug-likeness (QED) is 0.880. The van der Waals surface area contributed by atoms with Crippen LogP contribution < -0.4 is 10.2 Å². The average Bonchev–Trinajstić information content (AvgIpc) is 2.73. The summed E-state index contributed by atoms with van der Waals surface area (Å²) in [4.78, 5) is 2.32. The summed E-state index contributed by atoms with van der Waals surface area (Å²) in [7, 11) is 1.92. The van der Waals surface area contributed by atoms with Crippen LogP contribution in [0, 0.1) is 6.92 Å². The van der Waals surface area contributed by atoms with Crippen LogP contribution in [0.25, 0.3) is 0 Å². The Morgan fingerprint density at radius 2 is 1.81 bits per heavy atom. The highest BCUT2D eigenvalue weighted by Gasteiger charge is 2.10. The number of halogens is 1. The lowest BCUT2D eigenvalue weighted by Crippen LogP contribution is -2.21. The molecule has 0 atom stereocenters. The molecular weight excluding hydrogens is 284 g/mol. The van der Waals surface area contributed by atoms with Crippen LogP contribution in [0.4, 0.5) is 11.4 Å². The number of nitrogens with one attached hydrogen (secondary N) is 1. The maximum atomic E-state index is 6.25. The highest BCUT2D eigenvalue weighted by Crippen LogP contribution is 2.22. The van der Waals surface area contributed by atoms with Gasteiger partial charge in [-0.2, -0.15) is 5.10 Å². The molecule has 0 saturated carbocycles. The number of aromatic nitrogens is 2. The van der Waals surface area contributed by atoms with E-state index in [0.717, 1.165) is 35.2 Å². The molecule has 1 heterocycles. The second-order valence-corrected chi connectivity index (χ2v) is 5.42. The number of rotatable bonds is 6. The van der Waals surface area contributed by atoms with Gasteiger partial charge in [0.25, 0.3) is 0 Å². The molecular formula is C16H23ClN4. The normalized spacial score (nSPS) is 10.7. The fourth-order valence-corrected chi connectivity index (χ4v) is 2.66. The predicted octanol–water partition coefficient (Wildman–Crippen LogP) is 3.84. The lowest BCUT2D eigenvalue weighted by atomic mass is 10.2. The first-order valence-corrected chi connectivity index (χ1v) is 7.71. The second kappa shape index (κ2) is 6.85. The van der Waals surface area contributed by atoms with Crippen molar-refractivity contribution >= 4 is 23.0 Å². The molecule has 0 unspecified atom stereocenters. The Morgan fingerprint density at radius 1 is 1.19 bits per heavy atom. The highest BCUT2D eigenvalue weighted by atomic mass is 35.5. The van der Waals surface area contributed by atoms with Gasteiger partial charge in [-0.05, 0) is 45.0 Å². The van der Waals surface area contributed by atoms with Crippen molar-refractivity contribution in [1.82, 2.24) is 9.78 Å². The summed E-state index contributed by atoms with van der Waals surface area (Å²) in [5, 5.41) is 8.46. The van der Waals surface area contributed by atoms with Crippen LogP contribution in [0.2, 0.25) is 5.02 Å². The van der Waals surface area contributed by atoms with E-state index < -0.39 is 0 Å². The molecule has 0 aliphatic rings. The van der Waals surface area contributed by atoms with Crippen molar-refractivity contribution < 1.29 is 0 Å².